The predicted octanol–water partition coefficient (Wildman–Crippen LogP) is 1.82. The maximum atomic E-state index is 12.7. The number of carbonyl (C=O) groups excluding carboxylic acids is 2. The molecule has 0 bridgehead atoms. The number of nitrogens with zero attached hydrogens (tertiary/aromatic N) is 3. The molecule has 3 amide bonds. The van der Waals surface area contributed by atoms with Crippen molar-refractivity contribution in [1.29, 1.82) is 0 Å². The summed E-state index contributed by atoms with van der Waals surface area (Å²) in [5.41, 5.74) is 4.30. The van der Waals surface area contributed by atoms with Gasteiger partial charge < -0.3 is 5.73 Å². The molecule has 2 aromatic rings. The number of primary amides is 1. The minimum absolute atomic E-state index is 0.0699. The van der Waals surface area contributed by atoms with Crippen molar-refractivity contribution < 1.29 is 22.8 Å². The van der Waals surface area contributed by atoms with Crippen LogP contribution in [-0.4, -0.2) is 32.3 Å². The fourth-order valence-corrected chi connectivity index (χ4v) is 2.59. The zero-order valence-electron chi connectivity index (χ0n) is 11.6. The van der Waals surface area contributed by atoms with E-state index in [1.54, 1.807) is 0 Å². The van der Waals surface area contributed by atoms with Crippen molar-refractivity contribution in [2.75, 3.05) is 5.75 Å². The van der Waals surface area contributed by atoms with Gasteiger partial charge in [-0.2, -0.15) is 13.2 Å². The van der Waals surface area contributed by atoms with Gasteiger partial charge in [0.05, 0.1) is 5.56 Å². The average molecular weight is 347 g/mol. The zero-order valence-corrected chi connectivity index (χ0v) is 12.4. The second-order valence-electron chi connectivity index (χ2n) is 4.49. The lowest BCUT2D eigenvalue weighted by Gasteiger charge is -2.07. The van der Waals surface area contributed by atoms with Crippen LogP contribution in [0.4, 0.5) is 18.0 Å². The summed E-state index contributed by atoms with van der Waals surface area (Å²) >= 11 is 1.16. The van der Waals surface area contributed by atoms with Crippen molar-refractivity contribution in [3.8, 4) is 0 Å². The smallest absolute Gasteiger partial charge is 0.351 e. The minimum atomic E-state index is -4.45. The number of thioether (sulfide) groups is 1. The van der Waals surface area contributed by atoms with Crippen LogP contribution in [0, 0.1) is 0 Å². The van der Waals surface area contributed by atoms with Crippen LogP contribution in [0.3, 0.4) is 0 Å². The van der Waals surface area contributed by atoms with E-state index < -0.39 is 23.7 Å². The Hall–Kier alpha value is -2.30. The number of rotatable bonds is 5. The molecule has 0 atom stereocenters. The first kappa shape index (κ1) is 17.1. The van der Waals surface area contributed by atoms with Crippen LogP contribution in [0.2, 0.25) is 0 Å². The predicted molar refractivity (Wildman–Crippen MR) is 75.7 cm³/mol. The van der Waals surface area contributed by atoms with Gasteiger partial charge in [-0.3, -0.25) is 14.5 Å². The molecule has 0 aliphatic carbocycles. The molecule has 0 saturated carbocycles. The molecule has 0 aromatic carbocycles. The summed E-state index contributed by atoms with van der Waals surface area (Å²) in [6.07, 6.45) is -3.05. The summed E-state index contributed by atoms with van der Waals surface area (Å²) < 4.78 is 39.4. The van der Waals surface area contributed by atoms with Gasteiger partial charge in [0.15, 0.2) is 10.8 Å². The number of nitrogens with one attached hydrogen (secondary N) is 1. The van der Waals surface area contributed by atoms with Crippen molar-refractivity contribution in [1.82, 2.24) is 19.9 Å². The second-order valence-corrected chi connectivity index (χ2v) is 5.55. The third kappa shape index (κ3) is 4.58. The molecule has 0 spiro atoms. The lowest BCUT2D eigenvalue weighted by Crippen LogP contribution is -2.34. The van der Waals surface area contributed by atoms with Gasteiger partial charge in [-0.15, -0.1) is 10.2 Å². The highest BCUT2D eigenvalue weighted by Gasteiger charge is 2.31. The lowest BCUT2D eigenvalue weighted by molar-refractivity contribution is -0.137. The van der Waals surface area contributed by atoms with Gasteiger partial charge in [0, 0.05) is 18.4 Å². The number of pyridine rings is 1. The molecule has 124 valence electrons. The Kier molecular flexibility index (Phi) is 5.08. The minimum Gasteiger partial charge on any atom is -0.351 e. The Morgan fingerprint density at radius 1 is 1.30 bits per heavy atom. The van der Waals surface area contributed by atoms with Crippen LogP contribution in [-0.2, 0) is 11.0 Å². The number of fused-ring (bicyclic) bond motifs is 1. The molecule has 23 heavy (non-hydrogen) atoms. The molecule has 2 heterocycles. The van der Waals surface area contributed by atoms with E-state index in [0.717, 1.165) is 24.0 Å². The Morgan fingerprint density at radius 3 is 2.70 bits per heavy atom. The maximum Gasteiger partial charge on any atom is 0.417 e. The maximum absolute atomic E-state index is 12.7. The molecule has 0 aliphatic heterocycles. The fraction of sp³-hybridized carbons (Fsp3) is 0.333. The van der Waals surface area contributed by atoms with Crippen molar-refractivity contribution in [2.24, 2.45) is 5.73 Å². The monoisotopic (exact) mass is 347 g/mol. The van der Waals surface area contributed by atoms with Crippen LogP contribution in [0.25, 0.3) is 5.65 Å². The van der Waals surface area contributed by atoms with Crippen LogP contribution in [0.5, 0.6) is 0 Å². The van der Waals surface area contributed by atoms with E-state index >= 15 is 0 Å². The standard InChI is InChI=1S/C12H12F3N5O2S/c13-12(14,15)7-3-4-8-18-19-11(20(8)6-7)23-5-1-2-9(21)17-10(16)22/h3-4,6H,1-2,5H2,(H3,16,17,21,22). The summed E-state index contributed by atoms with van der Waals surface area (Å²) in [6.45, 7) is 0. The molecule has 3 N–H and O–H groups in total. The van der Waals surface area contributed by atoms with Gasteiger partial charge >= 0.3 is 12.2 Å². The number of imide groups is 1. The third-order valence-corrected chi connectivity index (χ3v) is 3.77. The number of aromatic nitrogens is 3. The first-order valence-electron chi connectivity index (χ1n) is 6.41. The highest BCUT2D eigenvalue weighted by Crippen LogP contribution is 2.30. The van der Waals surface area contributed by atoms with Gasteiger partial charge in [0.25, 0.3) is 0 Å². The molecular formula is C12H12F3N5O2S. The van der Waals surface area contributed by atoms with Crippen molar-refractivity contribution in [3.05, 3.63) is 23.9 Å². The Bertz CT molecular complexity index is 731. The van der Waals surface area contributed by atoms with Gasteiger partial charge in [-0.1, -0.05) is 11.8 Å². The molecule has 7 nitrogen and oxygen atoms in total. The van der Waals surface area contributed by atoms with E-state index in [9.17, 15) is 22.8 Å². The van der Waals surface area contributed by atoms with Gasteiger partial charge in [0.2, 0.25) is 5.91 Å². The summed E-state index contributed by atoms with van der Waals surface area (Å²) in [7, 11) is 0. The largest absolute Gasteiger partial charge is 0.417 e. The number of hydrogen-bond acceptors (Lipinski definition) is 5. The number of nitrogens with two attached hydrogens (primary N) is 1. The van der Waals surface area contributed by atoms with E-state index in [1.165, 1.54) is 10.5 Å². The van der Waals surface area contributed by atoms with E-state index in [-0.39, 0.29) is 6.42 Å². The number of halogens is 3. The fourth-order valence-electron chi connectivity index (χ4n) is 1.73. The van der Waals surface area contributed by atoms with Crippen molar-refractivity contribution in [3.63, 3.8) is 0 Å². The highest BCUT2D eigenvalue weighted by molar-refractivity contribution is 7.99. The normalized spacial score (nSPS) is 11.6. The molecule has 0 radical (unpaired) electrons. The topological polar surface area (TPSA) is 102 Å². The van der Waals surface area contributed by atoms with Crippen LogP contribution in [0.1, 0.15) is 18.4 Å². The van der Waals surface area contributed by atoms with Crippen molar-refractivity contribution in [2.45, 2.75) is 24.2 Å². The van der Waals surface area contributed by atoms with Crippen molar-refractivity contribution >= 4 is 29.3 Å². The number of carbonyl (C=O) groups is 2. The van der Waals surface area contributed by atoms with Crippen LogP contribution >= 0.6 is 11.8 Å². The second kappa shape index (κ2) is 6.86. The van der Waals surface area contributed by atoms with Crippen LogP contribution < -0.4 is 11.1 Å². The van der Waals surface area contributed by atoms with E-state index in [1.807, 2.05) is 5.32 Å². The highest BCUT2D eigenvalue weighted by atomic mass is 32.2. The number of alkyl halides is 3. The van der Waals surface area contributed by atoms with Crippen LogP contribution in [0.15, 0.2) is 23.5 Å². The Balaban J connectivity index is 1.98. The summed E-state index contributed by atoms with van der Waals surface area (Å²) in [6, 6.07) is 1.25. The number of urea groups is 1. The van der Waals surface area contributed by atoms with Gasteiger partial charge in [-0.25, -0.2) is 4.79 Å². The Morgan fingerprint density at radius 2 is 2.04 bits per heavy atom. The van der Waals surface area contributed by atoms with Gasteiger partial charge in [-0.05, 0) is 18.6 Å². The molecule has 0 saturated heterocycles. The van der Waals surface area contributed by atoms with E-state index in [2.05, 4.69) is 10.2 Å². The van der Waals surface area contributed by atoms with E-state index in [0.29, 0.717) is 23.0 Å². The third-order valence-electron chi connectivity index (χ3n) is 2.74. The molecule has 0 unspecified atom stereocenters. The Labute approximate surface area is 132 Å². The molecule has 0 aliphatic rings. The quantitative estimate of drug-likeness (QED) is 0.634. The first-order chi connectivity index (χ1) is 10.8. The summed E-state index contributed by atoms with van der Waals surface area (Å²) in [4.78, 5) is 21.7. The zero-order chi connectivity index (χ0) is 17.0. The first-order valence-corrected chi connectivity index (χ1v) is 7.40. The molecule has 2 aromatic heterocycles. The van der Waals surface area contributed by atoms with Gasteiger partial charge in [0.1, 0.15) is 0 Å². The molecular weight excluding hydrogens is 335 g/mol. The molecule has 11 heteroatoms. The summed E-state index contributed by atoms with van der Waals surface area (Å²) in [5.74, 6) is -0.0907. The SMILES string of the molecule is NC(=O)NC(=O)CCCSc1nnc2ccc(C(F)(F)F)cn12. The molecule has 0 fully saturated rings. The number of hydrogen-bond donors (Lipinski definition) is 2. The molecule has 2 rings (SSSR count). The summed E-state index contributed by atoms with van der Waals surface area (Å²) in [5, 5.41) is 9.81. The van der Waals surface area contributed by atoms with E-state index in [4.69, 9.17) is 5.73 Å². The lowest BCUT2D eigenvalue weighted by atomic mass is 10.3. The number of amides is 3. The average Bonchev–Trinajstić information content (AvgIpc) is 2.84.